The van der Waals surface area contributed by atoms with Crippen LogP contribution in [0.3, 0.4) is 0 Å². The number of rotatable bonds is 6. The Kier molecular flexibility index (Phi) is 4.94. The molecule has 0 aliphatic heterocycles. The molecule has 0 saturated carbocycles. The van der Waals surface area contributed by atoms with Gasteiger partial charge in [0.25, 0.3) is 0 Å². The largest absolute Gasteiger partial charge is 0.481 e. The van der Waals surface area contributed by atoms with Crippen molar-refractivity contribution in [1.82, 2.24) is 4.72 Å². The smallest absolute Gasteiger partial charge is 0.305 e. The van der Waals surface area contributed by atoms with Crippen LogP contribution in [0, 0.1) is 12.7 Å². The number of aliphatic carboxylic acids is 1. The first-order valence-electron chi connectivity index (χ1n) is 6.32. The van der Waals surface area contributed by atoms with Gasteiger partial charge in [-0.1, -0.05) is 6.07 Å². The second-order valence-corrected chi connectivity index (χ2v) is 7.22. The fraction of sp³-hybridized carbons (Fsp3) is 0.214. The van der Waals surface area contributed by atoms with Crippen molar-refractivity contribution in [3.63, 3.8) is 0 Å². The summed E-state index contributed by atoms with van der Waals surface area (Å²) in [6, 6.07) is 4.42. The molecule has 2 N–H and O–H groups in total. The third-order valence-electron chi connectivity index (χ3n) is 3.00. The van der Waals surface area contributed by atoms with Crippen LogP contribution in [0.2, 0.25) is 0 Å². The third-order valence-corrected chi connectivity index (χ3v) is 5.19. The molecule has 22 heavy (non-hydrogen) atoms. The molecule has 0 saturated heterocycles. The molecular formula is C14H14FNO4S2. The van der Waals surface area contributed by atoms with Crippen LogP contribution < -0.4 is 4.72 Å². The lowest BCUT2D eigenvalue weighted by atomic mass is 10.1. The van der Waals surface area contributed by atoms with E-state index in [9.17, 15) is 17.6 Å². The quantitative estimate of drug-likeness (QED) is 0.845. The molecule has 1 heterocycles. The number of carboxylic acids is 1. The van der Waals surface area contributed by atoms with Crippen molar-refractivity contribution in [2.45, 2.75) is 24.3 Å². The van der Waals surface area contributed by atoms with E-state index in [2.05, 4.69) is 4.72 Å². The monoisotopic (exact) mass is 343 g/mol. The van der Waals surface area contributed by atoms with Crippen LogP contribution in [0.15, 0.2) is 39.9 Å². The lowest BCUT2D eigenvalue weighted by Gasteiger charge is -2.16. The molecule has 8 heteroatoms. The van der Waals surface area contributed by atoms with E-state index in [1.54, 1.807) is 23.8 Å². The Morgan fingerprint density at radius 3 is 2.73 bits per heavy atom. The van der Waals surface area contributed by atoms with E-state index in [-0.39, 0.29) is 0 Å². The second kappa shape index (κ2) is 6.55. The Hall–Kier alpha value is -1.77. The van der Waals surface area contributed by atoms with E-state index in [1.165, 1.54) is 23.5 Å². The number of nitrogens with one attached hydrogen (secondary N) is 1. The molecule has 0 aliphatic rings. The first-order chi connectivity index (χ1) is 10.3. The Bertz CT molecular complexity index is 772. The number of halogens is 1. The van der Waals surface area contributed by atoms with Gasteiger partial charge >= 0.3 is 5.97 Å². The summed E-state index contributed by atoms with van der Waals surface area (Å²) >= 11 is 1.32. The molecule has 1 aromatic carbocycles. The number of sulfonamides is 1. The van der Waals surface area contributed by atoms with Gasteiger partial charge in [0.15, 0.2) is 0 Å². The average molecular weight is 343 g/mol. The number of carboxylic acid groups (broad SMARTS) is 1. The molecule has 0 amide bonds. The highest BCUT2D eigenvalue weighted by molar-refractivity contribution is 7.89. The first-order valence-corrected chi connectivity index (χ1v) is 8.74. The summed E-state index contributed by atoms with van der Waals surface area (Å²) in [6.07, 6.45) is -0.427. The van der Waals surface area contributed by atoms with Crippen molar-refractivity contribution in [3.05, 3.63) is 52.0 Å². The van der Waals surface area contributed by atoms with Crippen molar-refractivity contribution >= 4 is 27.3 Å². The van der Waals surface area contributed by atoms with E-state index in [1.807, 2.05) is 0 Å². The zero-order valence-corrected chi connectivity index (χ0v) is 13.2. The third kappa shape index (κ3) is 3.90. The van der Waals surface area contributed by atoms with Crippen LogP contribution >= 0.6 is 11.3 Å². The lowest BCUT2D eigenvalue weighted by Crippen LogP contribution is -2.30. The minimum atomic E-state index is -4.17. The van der Waals surface area contributed by atoms with E-state index in [0.29, 0.717) is 11.1 Å². The maximum atomic E-state index is 13.8. The van der Waals surface area contributed by atoms with E-state index >= 15 is 0 Å². The number of carbonyl (C=O) groups is 1. The predicted octanol–water partition coefficient (Wildman–Crippen LogP) is 2.69. The van der Waals surface area contributed by atoms with Crippen molar-refractivity contribution < 1.29 is 22.7 Å². The molecule has 0 aliphatic carbocycles. The van der Waals surface area contributed by atoms with Crippen molar-refractivity contribution in [1.29, 1.82) is 0 Å². The predicted molar refractivity (Wildman–Crippen MR) is 80.8 cm³/mol. The Morgan fingerprint density at radius 1 is 1.41 bits per heavy atom. The van der Waals surface area contributed by atoms with Gasteiger partial charge in [0.1, 0.15) is 10.7 Å². The summed E-state index contributed by atoms with van der Waals surface area (Å²) in [4.78, 5) is 10.5. The van der Waals surface area contributed by atoms with Crippen molar-refractivity contribution in [2.75, 3.05) is 0 Å². The number of thiophene rings is 1. The summed E-state index contributed by atoms with van der Waals surface area (Å²) in [6.45, 7) is 1.64. The zero-order valence-electron chi connectivity index (χ0n) is 11.6. The molecule has 0 radical (unpaired) electrons. The Balaban J connectivity index is 2.36. The summed E-state index contributed by atoms with van der Waals surface area (Å²) < 4.78 is 40.8. The molecule has 5 nitrogen and oxygen atoms in total. The maximum absolute atomic E-state index is 13.8. The van der Waals surface area contributed by atoms with Gasteiger partial charge in [-0.2, -0.15) is 11.3 Å². The minimum absolute atomic E-state index is 0.427. The van der Waals surface area contributed by atoms with Gasteiger partial charge in [0, 0.05) is 0 Å². The van der Waals surface area contributed by atoms with Crippen molar-refractivity contribution in [3.8, 4) is 0 Å². The van der Waals surface area contributed by atoms with Crippen LogP contribution in [0.4, 0.5) is 4.39 Å². The maximum Gasteiger partial charge on any atom is 0.305 e. The van der Waals surface area contributed by atoms with Crippen LogP contribution in [0.1, 0.15) is 23.6 Å². The van der Waals surface area contributed by atoms with Crippen LogP contribution in [0.5, 0.6) is 0 Å². The van der Waals surface area contributed by atoms with Gasteiger partial charge in [0.05, 0.1) is 12.5 Å². The van der Waals surface area contributed by atoms with Crippen LogP contribution in [-0.4, -0.2) is 19.5 Å². The first kappa shape index (κ1) is 16.6. The lowest BCUT2D eigenvalue weighted by molar-refractivity contribution is -0.137. The summed E-state index contributed by atoms with van der Waals surface area (Å²) in [5.41, 5.74) is 1.12. The van der Waals surface area contributed by atoms with Gasteiger partial charge in [-0.25, -0.2) is 17.5 Å². The van der Waals surface area contributed by atoms with E-state index < -0.39 is 39.2 Å². The highest BCUT2D eigenvalue weighted by atomic mass is 32.2. The van der Waals surface area contributed by atoms with Gasteiger partial charge in [-0.3, -0.25) is 4.79 Å². The molecule has 1 unspecified atom stereocenters. The molecular weight excluding hydrogens is 329 g/mol. The molecule has 0 fully saturated rings. The zero-order chi connectivity index (χ0) is 16.3. The fourth-order valence-corrected chi connectivity index (χ4v) is 4.04. The molecule has 0 bridgehead atoms. The van der Waals surface area contributed by atoms with Crippen molar-refractivity contribution in [2.24, 2.45) is 0 Å². The Morgan fingerprint density at radius 2 is 2.14 bits per heavy atom. The molecule has 2 aromatic rings. The SMILES string of the molecule is Cc1ccc(F)c(S(=O)(=O)NC(CC(=O)O)c2ccsc2)c1. The van der Waals surface area contributed by atoms with Crippen LogP contribution in [0.25, 0.3) is 0 Å². The topological polar surface area (TPSA) is 83.5 Å². The highest BCUT2D eigenvalue weighted by Gasteiger charge is 2.26. The summed E-state index contributed by atoms with van der Waals surface area (Å²) in [5, 5.41) is 12.3. The Labute approximate surface area is 131 Å². The van der Waals surface area contributed by atoms with E-state index in [4.69, 9.17) is 5.11 Å². The number of hydrogen-bond acceptors (Lipinski definition) is 4. The molecule has 2 rings (SSSR count). The molecule has 1 atom stereocenters. The van der Waals surface area contributed by atoms with Gasteiger partial charge < -0.3 is 5.11 Å². The highest BCUT2D eigenvalue weighted by Crippen LogP contribution is 2.24. The molecule has 1 aromatic heterocycles. The second-order valence-electron chi connectivity index (χ2n) is 4.76. The van der Waals surface area contributed by atoms with E-state index in [0.717, 1.165) is 6.07 Å². The van der Waals surface area contributed by atoms with Gasteiger partial charge in [-0.05, 0) is 47.0 Å². The fourth-order valence-electron chi connectivity index (χ4n) is 1.94. The van der Waals surface area contributed by atoms with Crippen LogP contribution in [-0.2, 0) is 14.8 Å². The average Bonchev–Trinajstić information content (AvgIpc) is 2.94. The standard InChI is InChI=1S/C14H14FNO4S2/c1-9-2-3-11(15)13(6-9)22(19,20)16-12(7-14(17)18)10-4-5-21-8-10/h2-6,8,12,16H,7H2,1H3,(H,17,18). The summed E-state index contributed by atoms with van der Waals surface area (Å²) in [7, 11) is -4.17. The van der Waals surface area contributed by atoms with Gasteiger partial charge in [0.2, 0.25) is 10.0 Å². The number of hydrogen-bond donors (Lipinski definition) is 2. The molecule has 118 valence electrons. The minimum Gasteiger partial charge on any atom is -0.481 e. The summed E-state index contributed by atoms with van der Waals surface area (Å²) in [5.74, 6) is -2.03. The van der Waals surface area contributed by atoms with Gasteiger partial charge in [-0.15, -0.1) is 0 Å². The number of benzene rings is 1. The normalized spacial score (nSPS) is 13.0. The molecule has 0 spiro atoms. The number of aryl methyl sites for hydroxylation is 1.